The molecule has 0 saturated heterocycles. The van der Waals surface area contributed by atoms with Gasteiger partial charge in [-0.15, -0.1) is 5.10 Å². The maximum atomic E-state index is 12.6. The first-order chi connectivity index (χ1) is 15.5. The fourth-order valence-electron chi connectivity index (χ4n) is 3.98. The van der Waals surface area contributed by atoms with Gasteiger partial charge in [0.2, 0.25) is 0 Å². The SMILES string of the molecule is COc1ccc(C(=O)Cn2cc(Cn3c4ccccc4c4c(C)n[nH]c(=O)c43)nn2)cc1. The molecule has 2 aromatic carbocycles. The second-order valence-corrected chi connectivity index (χ2v) is 7.52. The Morgan fingerprint density at radius 1 is 1.12 bits per heavy atom. The van der Waals surface area contributed by atoms with Gasteiger partial charge in [-0.25, -0.2) is 9.78 Å². The standard InChI is InChI=1S/C23H20N6O3/c1-14-21-18-5-3-4-6-19(18)29(22(21)23(31)26-24-14)12-16-11-28(27-25-16)13-20(30)15-7-9-17(32-2)10-8-15/h3-11H,12-13H2,1-2H3,(H,26,31). The van der Waals surface area contributed by atoms with Crippen LogP contribution in [0.1, 0.15) is 21.7 Å². The molecular formula is C23H20N6O3. The molecule has 5 aromatic rings. The summed E-state index contributed by atoms with van der Waals surface area (Å²) in [7, 11) is 1.58. The van der Waals surface area contributed by atoms with Crippen molar-refractivity contribution < 1.29 is 9.53 Å². The van der Waals surface area contributed by atoms with Crippen molar-refractivity contribution in [1.82, 2.24) is 29.8 Å². The summed E-state index contributed by atoms with van der Waals surface area (Å²) < 4.78 is 8.55. The van der Waals surface area contributed by atoms with E-state index in [1.807, 2.05) is 35.8 Å². The fourth-order valence-corrected chi connectivity index (χ4v) is 3.98. The summed E-state index contributed by atoms with van der Waals surface area (Å²) >= 11 is 0. The van der Waals surface area contributed by atoms with Crippen molar-refractivity contribution in [2.24, 2.45) is 0 Å². The van der Waals surface area contributed by atoms with E-state index in [4.69, 9.17) is 4.74 Å². The van der Waals surface area contributed by atoms with Crippen LogP contribution >= 0.6 is 0 Å². The molecule has 0 aliphatic carbocycles. The molecule has 0 spiro atoms. The quantitative estimate of drug-likeness (QED) is 0.417. The second-order valence-electron chi connectivity index (χ2n) is 7.52. The van der Waals surface area contributed by atoms with Crippen LogP contribution in [0.15, 0.2) is 59.5 Å². The molecule has 0 unspecified atom stereocenters. The number of ketones is 1. The van der Waals surface area contributed by atoms with Crippen LogP contribution in [0.4, 0.5) is 0 Å². The van der Waals surface area contributed by atoms with Crippen molar-refractivity contribution in [1.29, 1.82) is 0 Å². The Morgan fingerprint density at radius 2 is 1.91 bits per heavy atom. The number of aromatic nitrogens is 6. The van der Waals surface area contributed by atoms with E-state index in [0.717, 1.165) is 22.0 Å². The summed E-state index contributed by atoms with van der Waals surface area (Å²) in [6.07, 6.45) is 1.73. The number of Topliss-reactive ketones (excluding diaryl/α,β-unsaturated/α-hetero) is 1. The number of nitrogens with zero attached hydrogens (tertiary/aromatic N) is 5. The molecule has 5 rings (SSSR count). The maximum absolute atomic E-state index is 12.6. The van der Waals surface area contributed by atoms with E-state index in [2.05, 4.69) is 20.5 Å². The highest BCUT2D eigenvalue weighted by molar-refractivity contribution is 6.08. The highest BCUT2D eigenvalue weighted by Crippen LogP contribution is 2.28. The molecule has 9 nitrogen and oxygen atoms in total. The summed E-state index contributed by atoms with van der Waals surface area (Å²) in [5.74, 6) is 0.607. The number of fused-ring (bicyclic) bond motifs is 3. The first-order valence-corrected chi connectivity index (χ1v) is 10.1. The summed E-state index contributed by atoms with van der Waals surface area (Å²) in [5.41, 5.74) is 3.16. The van der Waals surface area contributed by atoms with Crippen molar-refractivity contribution in [3.63, 3.8) is 0 Å². The van der Waals surface area contributed by atoms with Gasteiger partial charge < -0.3 is 9.30 Å². The largest absolute Gasteiger partial charge is 0.497 e. The number of aromatic amines is 1. The van der Waals surface area contributed by atoms with E-state index in [1.54, 1.807) is 37.6 Å². The van der Waals surface area contributed by atoms with Crippen LogP contribution in [-0.2, 0) is 13.1 Å². The summed E-state index contributed by atoms with van der Waals surface area (Å²) in [4.78, 5) is 25.2. The number of rotatable bonds is 6. The van der Waals surface area contributed by atoms with Crippen LogP contribution in [-0.4, -0.2) is 42.7 Å². The lowest BCUT2D eigenvalue weighted by atomic mass is 10.1. The number of aryl methyl sites for hydroxylation is 1. The van der Waals surface area contributed by atoms with Gasteiger partial charge in [-0.3, -0.25) is 9.59 Å². The summed E-state index contributed by atoms with van der Waals surface area (Å²) in [6, 6.07) is 14.7. The second kappa shape index (κ2) is 7.77. The van der Waals surface area contributed by atoms with Gasteiger partial charge in [-0.1, -0.05) is 23.4 Å². The van der Waals surface area contributed by atoms with Crippen molar-refractivity contribution in [2.75, 3.05) is 7.11 Å². The molecule has 0 amide bonds. The van der Waals surface area contributed by atoms with Gasteiger partial charge in [0, 0.05) is 21.9 Å². The lowest BCUT2D eigenvalue weighted by Crippen LogP contribution is -2.14. The smallest absolute Gasteiger partial charge is 0.288 e. The van der Waals surface area contributed by atoms with Crippen LogP contribution in [0.25, 0.3) is 21.8 Å². The van der Waals surface area contributed by atoms with E-state index < -0.39 is 0 Å². The Balaban J connectivity index is 1.46. The Kier molecular flexibility index (Phi) is 4.78. The number of para-hydroxylation sites is 1. The van der Waals surface area contributed by atoms with Gasteiger partial charge in [-0.2, -0.15) is 5.10 Å². The normalized spacial score (nSPS) is 11.3. The molecule has 0 bridgehead atoms. The third-order valence-electron chi connectivity index (χ3n) is 5.50. The molecule has 0 aliphatic rings. The average molecular weight is 428 g/mol. The van der Waals surface area contributed by atoms with E-state index in [1.165, 1.54) is 4.68 Å². The number of carbonyl (C=O) groups is 1. The minimum absolute atomic E-state index is 0.0656. The molecular weight excluding hydrogens is 408 g/mol. The molecule has 160 valence electrons. The van der Waals surface area contributed by atoms with E-state index in [9.17, 15) is 9.59 Å². The Hall–Kier alpha value is -4.27. The van der Waals surface area contributed by atoms with Gasteiger partial charge >= 0.3 is 0 Å². The topological polar surface area (TPSA) is 108 Å². The third-order valence-corrected chi connectivity index (χ3v) is 5.50. The van der Waals surface area contributed by atoms with Crippen LogP contribution in [0.2, 0.25) is 0 Å². The Bertz CT molecular complexity index is 1510. The van der Waals surface area contributed by atoms with Gasteiger partial charge in [0.05, 0.1) is 25.5 Å². The molecule has 3 heterocycles. The van der Waals surface area contributed by atoms with Crippen molar-refractivity contribution in [2.45, 2.75) is 20.0 Å². The zero-order valence-corrected chi connectivity index (χ0v) is 17.6. The van der Waals surface area contributed by atoms with Gasteiger partial charge in [0.15, 0.2) is 5.78 Å². The Morgan fingerprint density at radius 3 is 2.69 bits per heavy atom. The minimum atomic E-state index is -0.260. The van der Waals surface area contributed by atoms with Gasteiger partial charge in [-0.05, 0) is 37.3 Å². The molecule has 0 atom stereocenters. The monoisotopic (exact) mass is 428 g/mol. The number of benzene rings is 2. The molecule has 3 aromatic heterocycles. The number of nitrogens with one attached hydrogen (secondary N) is 1. The van der Waals surface area contributed by atoms with Gasteiger partial charge in [0.25, 0.3) is 5.56 Å². The van der Waals surface area contributed by atoms with Crippen LogP contribution in [0.3, 0.4) is 0 Å². The zero-order valence-electron chi connectivity index (χ0n) is 17.6. The van der Waals surface area contributed by atoms with Crippen molar-refractivity contribution in [3.8, 4) is 5.75 Å². The number of hydrogen-bond acceptors (Lipinski definition) is 6. The number of hydrogen-bond donors (Lipinski definition) is 1. The number of methoxy groups -OCH3 is 1. The zero-order chi connectivity index (χ0) is 22.2. The van der Waals surface area contributed by atoms with Crippen molar-refractivity contribution in [3.05, 3.63) is 82.0 Å². The summed E-state index contributed by atoms with van der Waals surface area (Å²) in [6.45, 7) is 2.28. The molecule has 9 heteroatoms. The molecule has 0 fully saturated rings. The van der Waals surface area contributed by atoms with E-state index in [-0.39, 0.29) is 17.9 Å². The molecule has 1 N–H and O–H groups in total. The number of H-pyrrole nitrogens is 1. The first-order valence-electron chi connectivity index (χ1n) is 10.1. The predicted molar refractivity (Wildman–Crippen MR) is 119 cm³/mol. The Labute approximate surface area is 182 Å². The average Bonchev–Trinajstić information content (AvgIpc) is 3.39. The highest BCUT2D eigenvalue weighted by atomic mass is 16.5. The molecule has 0 saturated carbocycles. The van der Waals surface area contributed by atoms with E-state index in [0.29, 0.717) is 29.1 Å². The van der Waals surface area contributed by atoms with Crippen LogP contribution < -0.4 is 10.3 Å². The maximum Gasteiger partial charge on any atom is 0.288 e. The first kappa shape index (κ1) is 19.7. The third kappa shape index (κ3) is 3.33. The van der Waals surface area contributed by atoms with Crippen molar-refractivity contribution >= 4 is 27.6 Å². The predicted octanol–water partition coefficient (Wildman–Crippen LogP) is 2.72. The number of carbonyl (C=O) groups excluding carboxylic acids is 1. The fraction of sp³-hybridized carbons (Fsp3) is 0.174. The van der Waals surface area contributed by atoms with Gasteiger partial charge in [0.1, 0.15) is 23.5 Å². The highest BCUT2D eigenvalue weighted by Gasteiger charge is 2.17. The number of ether oxygens (including phenoxy) is 1. The molecule has 0 radical (unpaired) electrons. The molecule has 0 aliphatic heterocycles. The van der Waals surface area contributed by atoms with E-state index >= 15 is 0 Å². The van der Waals surface area contributed by atoms with Crippen LogP contribution in [0.5, 0.6) is 5.75 Å². The lowest BCUT2D eigenvalue weighted by molar-refractivity contribution is 0.0967. The van der Waals surface area contributed by atoms with Crippen LogP contribution in [0, 0.1) is 6.92 Å². The molecule has 32 heavy (non-hydrogen) atoms. The lowest BCUT2D eigenvalue weighted by Gasteiger charge is -2.04. The summed E-state index contributed by atoms with van der Waals surface area (Å²) in [5, 5.41) is 16.8. The minimum Gasteiger partial charge on any atom is -0.497 e.